The van der Waals surface area contributed by atoms with Crippen LogP contribution in [0.15, 0.2) is 29.3 Å². The Labute approximate surface area is 168 Å². The lowest BCUT2D eigenvalue weighted by Crippen LogP contribution is -2.45. The van der Waals surface area contributed by atoms with Gasteiger partial charge in [-0.05, 0) is 37.8 Å². The van der Waals surface area contributed by atoms with Crippen LogP contribution in [-0.2, 0) is 10.0 Å². The van der Waals surface area contributed by atoms with Crippen LogP contribution in [0.25, 0.3) is 0 Å². The van der Waals surface area contributed by atoms with E-state index in [2.05, 4.69) is 15.6 Å². The highest BCUT2D eigenvalue weighted by Gasteiger charge is 2.24. The van der Waals surface area contributed by atoms with Gasteiger partial charge in [-0.25, -0.2) is 12.7 Å². The minimum Gasteiger partial charge on any atom is -0.493 e. The molecule has 0 aromatic heterocycles. The molecule has 1 fully saturated rings. The fraction of sp³-hybridized carbons (Fsp3) is 0.632. The maximum Gasteiger partial charge on any atom is 0.211 e. The summed E-state index contributed by atoms with van der Waals surface area (Å²) >= 11 is 0. The first-order valence-electron chi connectivity index (χ1n) is 9.52. The van der Waals surface area contributed by atoms with E-state index in [1.165, 1.54) is 6.26 Å². The Kier molecular flexibility index (Phi) is 8.37. The molecule has 8 nitrogen and oxygen atoms in total. The van der Waals surface area contributed by atoms with Gasteiger partial charge in [-0.1, -0.05) is 12.1 Å². The molecule has 1 aromatic carbocycles. The lowest BCUT2D eigenvalue weighted by atomic mass is 9.98. The van der Waals surface area contributed by atoms with E-state index in [1.54, 1.807) is 18.5 Å². The minimum absolute atomic E-state index is 0.0761. The molecule has 2 rings (SSSR count). The summed E-state index contributed by atoms with van der Waals surface area (Å²) in [6.07, 6.45) is 2.90. The van der Waals surface area contributed by atoms with Crippen molar-refractivity contribution in [1.82, 2.24) is 14.9 Å². The summed E-state index contributed by atoms with van der Waals surface area (Å²) in [6, 6.07) is 7.56. The van der Waals surface area contributed by atoms with Crippen LogP contribution in [0.4, 0.5) is 0 Å². The van der Waals surface area contributed by atoms with Crippen LogP contribution in [-0.4, -0.2) is 71.4 Å². The monoisotopic (exact) mass is 412 g/mol. The van der Waals surface area contributed by atoms with Gasteiger partial charge in [0.25, 0.3) is 0 Å². The summed E-state index contributed by atoms with van der Waals surface area (Å²) in [4.78, 5) is 4.25. The number of rotatable bonds is 8. The van der Waals surface area contributed by atoms with Crippen LogP contribution in [0.1, 0.15) is 19.8 Å². The third-order valence-electron chi connectivity index (χ3n) is 4.78. The van der Waals surface area contributed by atoms with E-state index >= 15 is 0 Å². The zero-order chi connectivity index (χ0) is 20.6. The molecule has 1 saturated heterocycles. The summed E-state index contributed by atoms with van der Waals surface area (Å²) in [5, 5.41) is 6.59. The largest absolute Gasteiger partial charge is 0.493 e. The molecule has 0 amide bonds. The van der Waals surface area contributed by atoms with Gasteiger partial charge in [-0.3, -0.25) is 4.99 Å². The molecule has 0 saturated carbocycles. The third-order valence-corrected chi connectivity index (χ3v) is 6.08. The molecule has 158 valence electrons. The van der Waals surface area contributed by atoms with Gasteiger partial charge in [0.05, 0.1) is 19.9 Å². The van der Waals surface area contributed by atoms with E-state index in [9.17, 15) is 8.42 Å². The van der Waals surface area contributed by atoms with Crippen molar-refractivity contribution in [2.24, 2.45) is 10.9 Å². The van der Waals surface area contributed by atoms with Crippen molar-refractivity contribution in [3.63, 3.8) is 0 Å². The number of nitrogens with one attached hydrogen (secondary N) is 2. The zero-order valence-electron chi connectivity index (χ0n) is 17.1. The second-order valence-electron chi connectivity index (χ2n) is 7.02. The molecule has 0 radical (unpaired) electrons. The summed E-state index contributed by atoms with van der Waals surface area (Å²) in [6.45, 7) is 4.50. The molecule has 0 spiro atoms. The van der Waals surface area contributed by atoms with Gasteiger partial charge in [0.2, 0.25) is 10.0 Å². The first-order valence-corrected chi connectivity index (χ1v) is 11.4. The number of piperidine rings is 1. The Morgan fingerprint density at radius 2 is 1.89 bits per heavy atom. The maximum atomic E-state index is 11.6. The van der Waals surface area contributed by atoms with Gasteiger partial charge in [-0.15, -0.1) is 0 Å². The first kappa shape index (κ1) is 22.3. The Bertz CT molecular complexity index is 746. The molecule has 0 aliphatic carbocycles. The molecule has 1 aromatic rings. The fourth-order valence-corrected chi connectivity index (χ4v) is 4.00. The average Bonchev–Trinajstić information content (AvgIpc) is 2.68. The van der Waals surface area contributed by atoms with Crippen molar-refractivity contribution in [1.29, 1.82) is 0 Å². The quantitative estimate of drug-likeness (QED) is 0.494. The molecular weight excluding hydrogens is 380 g/mol. The summed E-state index contributed by atoms with van der Waals surface area (Å²) in [5.41, 5.74) is 0. The van der Waals surface area contributed by atoms with E-state index in [0.717, 1.165) is 19.4 Å². The standard InChI is InChI=1S/C19H32N4O4S/c1-15(27-18-8-6-5-7-17(18)26-3)13-21-19(20-2)22-14-16-9-11-23(12-10-16)28(4,24)25/h5-8,15-16H,9-14H2,1-4H3,(H2,20,21,22). The van der Waals surface area contributed by atoms with Crippen molar-refractivity contribution in [2.75, 3.05) is 46.6 Å². The summed E-state index contributed by atoms with van der Waals surface area (Å²) in [7, 11) is 0.271. The molecular formula is C19H32N4O4S. The van der Waals surface area contributed by atoms with Gasteiger partial charge in [-0.2, -0.15) is 0 Å². The molecule has 28 heavy (non-hydrogen) atoms. The SMILES string of the molecule is CN=C(NCC1CCN(S(C)(=O)=O)CC1)NCC(C)Oc1ccccc1OC. The second kappa shape index (κ2) is 10.5. The number of hydrogen-bond donors (Lipinski definition) is 2. The Morgan fingerprint density at radius 3 is 2.46 bits per heavy atom. The molecule has 2 N–H and O–H groups in total. The van der Waals surface area contributed by atoms with Crippen LogP contribution in [0.2, 0.25) is 0 Å². The van der Waals surface area contributed by atoms with Crippen LogP contribution >= 0.6 is 0 Å². The predicted octanol–water partition coefficient (Wildman–Crippen LogP) is 1.30. The lowest BCUT2D eigenvalue weighted by Gasteiger charge is -2.30. The highest BCUT2D eigenvalue weighted by Crippen LogP contribution is 2.26. The van der Waals surface area contributed by atoms with E-state index in [4.69, 9.17) is 9.47 Å². The van der Waals surface area contributed by atoms with E-state index in [1.807, 2.05) is 31.2 Å². The number of benzene rings is 1. The molecule has 1 aliphatic heterocycles. The Balaban J connectivity index is 1.73. The van der Waals surface area contributed by atoms with Crippen LogP contribution in [0, 0.1) is 5.92 Å². The number of sulfonamides is 1. The van der Waals surface area contributed by atoms with E-state index in [-0.39, 0.29) is 6.10 Å². The molecule has 1 aliphatic rings. The fourth-order valence-electron chi connectivity index (χ4n) is 3.12. The number of hydrogen-bond acceptors (Lipinski definition) is 5. The van der Waals surface area contributed by atoms with Crippen LogP contribution < -0.4 is 20.1 Å². The number of aliphatic imine (C=N–C) groups is 1. The number of para-hydroxylation sites is 2. The third kappa shape index (κ3) is 6.87. The van der Waals surface area contributed by atoms with Gasteiger partial charge < -0.3 is 20.1 Å². The van der Waals surface area contributed by atoms with E-state index in [0.29, 0.717) is 43.0 Å². The van der Waals surface area contributed by atoms with Crippen molar-refractivity contribution in [2.45, 2.75) is 25.9 Å². The number of nitrogens with zero attached hydrogens (tertiary/aromatic N) is 2. The highest BCUT2D eigenvalue weighted by molar-refractivity contribution is 7.88. The van der Waals surface area contributed by atoms with Gasteiger partial charge >= 0.3 is 0 Å². The number of guanidine groups is 1. The smallest absolute Gasteiger partial charge is 0.211 e. The lowest BCUT2D eigenvalue weighted by molar-refractivity contribution is 0.213. The first-order chi connectivity index (χ1) is 13.3. The van der Waals surface area contributed by atoms with Crippen molar-refractivity contribution < 1.29 is 17.9 Å². The summed E-state index contributed by atoms with van der Waals surface area (Å²) < 4.78 is 36.0. The minimum atomic E-state index is -3.08. The van der Waals surface area contributed by atoms with E-state index < -0.39 is 10.0 Å². The van der Waals surface area contributed by atoms with Crippen LogP contribution in [0.3, 0.4) is 0 Å². The molecule has 1 heterocycles. The maximum absolute atomic E-state index is 11.6. The molecule has 1 atom stereocenters. The molecule has 1 unspecified atom stereocenters. The van der Waals surface area contributed by atoms with Gasteiger partial charge in [0.1, 0.15) is 6.10 Å². The Hall–Kier alpha value is -2.00. The van der Waals surface area contributed by atoms with Crippen molar-refractivity contribution >= 4 is 16.0 Å². The zero-order valence-corrected chi connectivity index (χ0v) is 18.0. The molecule has 0 bridgehead atoms. The molecule has 9 heteroatoms. The number of methoxy groups -OCH3 is 1. The van der Waals surface area contributed by atoms with Gasteiger partial charge in [0, 0.05) is 26.7 Å². The summed E-state index contributed by atoms with van der Waals surface area (Å²) in [5.74, 6) is 2.55. The number of ether oxygens (including phenoxy) is 2. The topological polar surface area (TPSA) is 92.3 Å². The van der Waals surface area contributed by atoms with Gasteiger partial charge in [0.15, 0.2) is 17.5 Å². The predicted molar refractivity (Wildman–Crippen MR) is 112 cm³/mol. The average molecular weight is 413 g/mol. The Morgan fingerprint density at radius 1 is 1.25 bits per heavy atom. The normalized spacial score (nSPS) is 17.8. The van der Waals surface area contributed by atoms with Crippen molar-refractivity contribution in [3.8, 4) is 11.5 Å². The van der Waals surface area contributed by atoms with Crippen LogP contribution in [0.5, 0.6) is 11.5 Å². The highest BCUT2D eigenvalue weighted by atomic mass is 32.2. The second-order valence-corrected chi connectivity index (χ2v) is 9.00. The van der Waals surface area contributed by atoms with Crippen molar-refractivity contribution in [3.05, 3.63) is 24.3 Å².